The first-order valence-corrected chi connectivity index (χ1v) is 4.81. The monoisotopic (exact) mass is 212 g/mol. The fraction of sp³-hybridized carbons (Fsp3) is 0.667. The first-order chi connectivity index (χ1) is 7.02. The Balaban J connectivity index is 2.55. The Labute approximate surface area is 88.3 Å². The molecule has 0 saturated carbocycles. The molecule has 0 radical (unpaired) electrons. The van der Waals surface area contributed by atoms with Crippen molar-refractivity contribution in [2.24, 2.45) is 13.0 Å². The number of hydrogen-bond donors (Lipinski definition) is 2. The van der Waals surface area contributed by atoms with Gasteiger partial charge in [-0.25, -0.2) is 0 Å². The molecule has 84 valence electrons. The van der Waals surface area contributed by atoms with Crippen LogP contribution < -0.4 is 5.32 Å². The lowest BCUT2D eigenvalue weighted by Crippen LogP contribution is -2.40. The van der Waals surface area contributed by atoms with Gasteiger partial charge in [0.1, 0.15) is 18.2 Å². The second-order valence-electron chi connectivity index (χ2n) is 3.80. The van der Waals surface area contributed by atoms with Gasteiger partial charge in [-0.1, -0.05) is 13.8 Å². The van der Waals surface area contributed by atoms with Gasteiger partial charge in [-0.2, -0.15) is 0 Å². The molecule has 0 fully saturated rings. The summed E-state index contributed by atoms with van der Waals surface area (Å²) in [7, 11) is 1.82. The minimum absolute atomic E-state index is 0.0377. The van der Waals surface area contributed by atoms with Crippen molar-refractivity contribution in [1.82, 2.24) is 20.1 Å². The van der Waals surface area contributed by atoms with Gasteiger partial charge in [-0.15, -0.1) is 10.2 Å². The molecule has 15 heavy (non-hydrogen) atoms. The largest absolute Gasteiger partial charge is 0.480 e. The molecule has 0 aromatic carbocycles. The van der Waals surface area contributed by atoms with Crippen LogP contribution in [0.25, 0.3) is 0 Å². The van der Waals surface area contributed by atoms with Gasteiger partial charge in [0, 0.05) is 7.05 Å². The van der Waals surface area contributed by atoms with Crippen molar-refractivity contribution in [1.29, 1.82) is 0 Å². The summed E-state index contributed by atoms with van der Waals surface area (Å²) in [6, 6.07) is -0.554. The van der Waals surface area contributed by atoms with Gasteiger partial charge in [-0.05, 0) is 5.92 Å². The molecule has 1 heterocycles. The SMILES string of the molecule is CC(C)C(NCc1nncn1C)C(=O)O. The van der Waals surface area contributed by atoms with Crippen LogP contribution in [0, 0.1) is 5.92 Å². The van der Waals surface area contributed by atoms with Crippen LogP contribution in [0.2, 0.25) is 0 Å². The van der Waals surface area contributed by atoms with E-state index in [0.29, 0.717) is 6.54 Å². The number of carboxylic acids is 1. The van der Waals surface area contributed by atoms with E-state index in [1.54, 1.807) is 10.9 Å². The molecule has 6 nitrogen and oxygen atoms in total. The summed E-state index contributed by atoms with van der Waals surface area (Å²) in [5, 5.41) is 19.5. The van der Waals surface area contributed by atoms with Crippen LogP contribution in [-0.4, -0.2) is 31.9 Å². The van der Waals surface area contributed by atoms with E-state index in [2.05, 4.69) is 15.5 Å². The fourth-order valence-corrected chi connectivity index (χ4v) is 1.28. The van der Waals surface area contributed by atoms with Crippen molar-refractivity contribution in [3.63, 3.8) is 0 Å². The smallest absolute Gasteiger partial charge is 0.320 e. The molecule has 0 bridgehead atoms. The van der Waals surface area contributed by atoms with E-state index in [0.717, 1.165) is 5.82 Å². The highest BCUT2D eigenvalue weighted by Crippen LogP contribution is 2.02. The van der Waals surface area contributed by atoms with Crippen molar-refractivity contribution < 1.29 is 9.90 Å². The molecule has 0 aliphatic carbocycles. The van der Waals surface area contributed by atoms with Crippen LogP contribution >= 0.6 is 0 Å². The maximum absolute atomic E-state index is 10.9. The number of aryl methyl sites for hydroxylation is 1. The van der Waals surface area contributed by atoms with Crippen LogP contribution in [0.15, 0.2) is 6.33 Å². The summed E-state index contributed by atoms with van der Waals surface area (Å²) in [4.78, 5) is 10.9. The predicted octanol–water partition coefficient (Wildman–Crippen LogP) is 0.0139. The molecular weight excluding hydrogens is 196 g/mol. The van der Waals surface area contributed by atoms with Crippen molar-refractivity contribution in [3.8, 4) is 0 Å². The van der Waals surface area contributed by atoms with Gasteiger partial charge >= 0.3 is 5.97 Å². The van der Waals surface area contributed by atoms with Crippen molar-refractivity contribution in [3.05, 3.63) is 12.2 Å². The van der Waals surface area contributed by atoms with E-state index >= 15 is 0 Å². The Morgan fingerprint density at radius 2 is 2.33 bits per heavy atom. The van der Waals surface area contributed by atoms with E-state index in [1.165, 1.54) is 0 Å². The zero-order valence-electron chi connectivity index (χ0n) is 9.14. The quantitative estimate of drug-likeness (QED) is 0.719. The second kappa shape index (κ2) is 4.88. The molecule has 1 atom stereocenters. The molecule has 0 saturated heterocycles. The minimum Gasteiger partial charge on any atom is -0.480 e. The third-order valence-electron chi connectivity index (χ3n) is 2.22. The predicted molar refractivity (Wildman–Crippen MR) is 54.1 cm³/mol. The molecule has 1 aromatic heterocycles. The molecule has 0 aliphatic rings. The molecule has 2 N–H and O–H groups in total. The second-order valence-corrected chi connectivity index (χ2v) is 3.80. The van der Waals surface area contributed by atoms with Crippen LogP contribution in [-0.2, 0) is 18.4 Å². The zero-order chi connectivity index (χ0) is 11.4. The number of nitrogens with one attached hydrogen (secondary N) is 1. The number of aromatic nitrogens is 3. The van der Waals surface area contributed by atoms with Gasteiger partial charge in [0.05, 0.1) is 6.54 Å². The average Bonchev–Trinajstić information content (AvgIpc) is 2.51. The van der Waals surface area contributed by atoms with Crippen molar-refractivity contribution in [2.75, 3.05) is 0 Å². The van der Waals surface area contributed by atoms with Crippen LogP contribution in [0.5, 0.6) is 0 Å². The van der Waals surface area contributed by atoms with Gasteiger partial charge in [-0.3, -0.25) is 10.1 Å². The minimum atomic E-state index is -0.841. The van der Waals surface area contributed by atoms with Gasteiger partial charge in [0.25, 0.3) is 0 Å². The van der Waals surface area contributed by atoms with Crippen molar-refractivity contribution >= 4 is 5.97 Å². The normalized spacial score (nSPS) is 13.1. The van der Waals surface area contributed by atoms with Crippen LogP contribution in [0.1, 0.15) is 19.7 Å². The standard InChI is InChI=1S/C9H16N4O2/c1-6(2)8(9(14)15)10-4-7-12-11-5-13(7)3/h5-6,8,10H,4H2,1-3H3,(H,14,15). The number of hydrogen-bond acceptors (Lipinski definition) is 4. The highest BCUT2D eigenvalue weighted by Gasteiger charge is 2.20. The van der Waals surface area contributed by atoms with E-state index in [9.17, 15) is 4.79 Å². The Bertz CT molecular complexity index is 335. The molecule has 1 unspecified atom stereocenters. The molecule has 1 aromatic rings. The molecule has 0 aliphatic heterocycles. The maximum atomic E-state index is 10.9. The molecule has 6 heteroatoms. The maximum Gasteiger partial charge on any atom is 0.320 e. The Kier molecular flexibility index (Phi) is 3.79. The average molecular weight is 212 g/mol. The summed E-state index contributed by atoms with van der Waals surface area (Å²) in [5.41, 5.74) is 0. The highest BCUT2D eigenvalue weighted by atomic mass is 16.4. The highest BCUT2D eigenvalue weighted by molar-refractivity contribution is 5.73. The summed E-state index contributed by atoms with van der Waals surface area (Å²) < 4.78 is 1.76. The van der Waals surface area contributed by atoms with Crippen LogP contribution in [0.3, 0.4) is 0 Å². The van der Waals surface area contributed by atoms with Crippen LogP contribution in [0.4, 0.5) is 0 Å². The molecule has 0 amide bonds. The zero-order valence-corrected chi connectivity index (χ0v) is 9.14. The third-order valence-corrected chi connectivity index (χ3v) is 2.22. The Morgan fingerprint density at radius 3 is 2.73 bits per heavy atom. The summed E-state index contributed by atoms with van der Waals surface area (Å²) >= 11 is 0. The summed E-state index contributed by atoms with van der Waals surface area (Å²) in [6.07, 6.45) is 1.59. The Hall–Kier alpha value is -1.43. The van der Waals surface area contributed by atoms with Crippen molar-refractivity contribution in [2.45, 2.75) is 26.4 Å². The number of carboxylic acid groups (broad SMARTS) is 1. The lowest BCUT2D eigenvalue weighted by molar-refractivity contribution is -0.140. The molecular formula is C9H16N4O2. The van der Waals surface area contributed by atoms with E-state index in [4.69, 9.17) is 5.11 Å². The number of carbonyl (C=O) groups is 1. The summed E-state index contributed by atoms with van der Waals surface area (Å²) in [6.45, 7) is 4.14. The van der Waals surface area contributed by atoms with E-state index < -0.39 is 12.0 Å². The number of aliphatic carboxylic acids is 1. The fourth-order valence-electron chi connectivity index (χ4n) is 1.28. The van der Waals surface area contributed by atoms with Gasteiger partial charge in [0.15, 0.2) is 0 Å². The van der Waals surface area contributed by atoms with Gasteiger partial charge in [0.2, 0.25) is 0 Å². The number of rotatable bonds is 5. The van der Waals surface area contributed by atoms with Gasteiger partial charge < -0.3 is 9.67 Å². The molecule has 0 spiro atoms. The lowest BCUT2D eigenvalue weighted by atomic mass is 10.1. The summed E-state index contributed by atoms with van der Waals surface area (Å²) in [5.74, 6) is -0.0789. The molecule has 1 rings (SSSR count). The first kappa shape index (κ1) is 11.6. The van der Waals surface area contributed by atoms with E-state index in [1.807, 2.05) is 20.9 Å². The number of nitrogens with zero attached hydrogens (tertiary/aromatic N) is 3. The lowest BCUT2D eigenvalue weighted by Gasteiger charge is -2.17. The topological polar surface area (TPSA) is 80.0 Å². The first-order valence-electron chi connectivity index (χ1n) is 4.81. The third kappa shape index (κ3) is 3.02. The Morgan fingerprint density at radius 1 is 1.67 bits per heavy atom. The van der Waals surface area contributed by atoms with E-state index in [-0.39, 0.29) is 5.92 Å².